The highest BCUT2D eigenvalue weighted by Gasteiger charge is 2.16. The molecule has 3 nitrogen and oxygen atoms in total. The number of nitrogens with zero attached hydrogens (tertiary/aromatic N) is 1. The summed E-state index contributed by atoms with van der Waals surface area (Å²) < 4.78 is 5.18. The predicted molar refractivity (Wildman–Crippen MR) is 68.8 cm³/mol. The number of rotatable bonds is 7. The zero-order valence-electron chi connectivity index (χ0n) is 11.2. The second-order valence-corrected chi connectivity index (χ2v) is 5.05. The van der Waals surface area contributed by atoms with Gasteiger partial charge in [0, 0.05) is 13.2 Å². The van der Waals surface area contributed by atoms with Gasteiger partial charge in [-0.05, 0) is 58.3 Å². The van der Waals surface area contributed by atoms with Crippen LogP contribution in [0.3, 0.4) is 0 Å². The van der Waals surface area contributed by atoms with E-state index in [1.54, 1.807) is 7.11 Å². The summed E-state index contributed by atoms with van der Waals surface area (Å²) in [6.07, 6.45) is 5.23. The van der Waals surface area contributed by atoms with Crippen LogP contribution in [0.2, 0.25) is 0 Å². The third-order valence-corrected chi connectivity index (χ3v) is 3.68. The van der Waals surface area contributed by atoms with E-state index in [1.807, 2.05) is 0 Å². The van der Waals surface area contributed by atoms with Gasteiger partial charge in [0.05, 0.1) is 6.61 Å². The van der Waals surface area contributed by atoms with E-state index in [0.29, 0.717) is 6.04 Å². The fourth-order valence-corrected chi connectivity index (χ4v) is 2.36. The summed E-state index contributed by atoms with van der Waals surface area (Å²) >= 11 is 0. The molecule has 0 amide bonds. The maximum atomic E-state index is 5.18. The normalized spacial score (nSPS) is 21.2. The van der Waals surface area contributed by atoms with Gasteiger partial charge in [-0.25, -0.2) is 0 Å². The molecule has 0 saturated carbocycles. The maximum Gasteiger partial charge on any atom is 0.0615 e. The topological polar surface area (TPSA) is 24.5 Å². The molecule has 1 N–H and O–H groups in total. The number of likely N-dealkylation sites (tertiary alicyclic amines) is 1. The van der Waals surface area contributed by atoms with Crippen LogP contribution in [-0.4, -0.2) is 51.3 Å². The van der Waals surface area contributed by atoms with Gasteiger partial charge in [-0.3, -0.25) is 0 Å². The minimum absolute atomic E-state index is 0.538. The Labute approximate surface area is 101 Å². The van der Waals surface area contributed by atoms with Crippen molar-refractivity contribution in [3.63, 3.8) is 0 Å². The molecule has 1 aliphatic rings. The standard InChI is InChI=1S/C13H28N2O/c1-4-13(11-16-3)14-8-5-12-6-9-15(2)10-7-12/h12-14H,4-11H2,1-3H3. The van der Waals surface area contributed by atoms with Crippen LogP contribution < -0.4 is 5.32 Å². The summed E-state index contributed by atoms with van der Waals surface area (Å²) in [5, 5.41) is 3.59. The molecule has 1 heterocycles. The van der Waals surface area contributed by atoms with E-state index in [1.165, 1.54) is 32.4 Å². The zero-order valence-corrected chi connectivity index (χ0v) is 11.2. The molecule has 1 rings (SSSR count). The smallest absolute Gasteiger partial charge is 0.0615 e. The zero-order chi connectivity index (χ0) is 11.8. The minimum Gasteiger partial charge on any atom is -0.383 e. The molecule has 0 aromatic rings. The van der Waals surface area contributed by atoms with Gasteiger partial charge in [-0.2, -0.15) is 0 Å². The molecule has 1 saturated heterocycles. The largest absolute Gasteiger partial charge is 0.383 e. The fourth-order valence-electron chi connectivity index (χ4n) is 2.36. The molecule has 1 aliphatic heterocycles. The molecule has 3 heteroatoms. The second-order valence-electron chi connectivity index (χ2n) is 5.05. The number of ether oxygens (including phenoxy) is 1. The molecule has 0 aromatic heterocycles. The Kier molecular flexibility index (Phi) is 7.01. The predicted octanol–water partition coefficient (Wildman–Crippen LogP) is 1.73. The summed E-state index contributed by atoms with van der Waals surface area (Å²) in [6.45, 7) is 6.76. The lowest BCUT2D eigenvalue weighted by molar-refractivity contribution is 0.160. The average molecular weight is 228 g/mol. The molecule has 1 unspecified atom stereocenters. The third kappa shape index (κ3) is 5.28. The first kappa shape index (κ1) is 13.9. The first-order chi connectivity index (χ1) is 7.76. The summed E-state index contributed by atoms with van der Waals surface area (Å²) in [4.78, 5) is 2.43. The molecule has 0 spiro atoms. The highest BCUT2D eigenvalue weighted by Crippen LogP contribution is 2.18. The molecule has 0 aliphatic carbocycles. The summed E-state index contributed by atoms with van der Waals surface area (Å²) in [5.41, 5.74) is 0. The van der Waals surface area contributed by atoms with E-state index in [4.69, 9.17) is 4.74 Å². The average Bonchev–Trinajstić information content (AvgIpc) is 2.30. The lowest BCUT2D eigenvalue weighted by atomic mass is 9.94. The Morgan fingerprint density at radius 3 is 2.62 bits per heavy atom. The minimum atomic E-state index is 0.538. The first-order valence-corrected chi connectivity index (χ1v) is 6.67. The summed E-state index contributed by atoms with van der Waals surface area (Å²) in [7, 11) is 4.00. The highest BCUT2D eigenvalue weighted by molar-refractivity contribution is 4.72. The van der Waals surface area contributed by atoms with Gasteiger partial charge in [0.25, 0.3) is 0 Å². The molecule has 96 valence electrons. The lowest BCUT2D eigenvalue weighted by Gasteiger charge is -2.29. The highest BCUT2D eigenvalue weighted by atomic mass is 16.5. The molecular weight excluding hydrogens is 200 g/mol. The molecule has 1 atom stereocenters. The van der Waals surface area contributed by atoms with Crippen molar-refractivity contribution >= 4 is 0 Å². The van der Waals surface area contributed by atoms with Crippen molar-refractivity contribution in [3.8, 4) is 0 Å². The van der Waals surface area contributed by atoms with Crippen molar-refractivity contribution in [2.45, 2.75) is 38.6 Å². The summed E-state index contributed by atoms with van der Waals surface area (Å²) in [5.74, 6) is 0.934. The van der Waals surface area contributed by atoms with E-state index >= 15 is 0 Å². The van der Waals surface area contributed by atoms with E-state index in [-0.39, 0.29) is 0 Å². The first-order valence-electron chi connectivity index (χ1n) is 6.67. The van der Waals surface area contributed by atoms with Gasteiger partial charge in [0.1, 0.15) is 0 Å². The van der Waals surface area contributed by atoms with Crippen LogP contribution in [0.1, 0.15) is 32.6 Å². The number of hydrogen-bond donors (Lipinski definition) is 1. The molecule has 16 heavy (non-hydrogen) atoms. The molecule has 0 bridgehead atoms. The fraction of sp³-hybridized carbons (Fsp3) is 1.00. The SMILES string of the molecule is CCC(COC)NCCC1CCN(C)CC1. The third-order valence-electron chi connectivity index (χ3n) is 3.68. The maximum absolute atomic E-state index is 5.18. The number of hydrogen-bond acceptors (Lipinski definition) is 3. The van der Waals surface area contributed by atoms with Crippen molar-refractivity contribution in [1.29, 1.82) is 0 Å². The quantitative estimate of drug-likeness (QED) is 0.718. The number of methoxy groups -OCH3 is 1. The van der Waals surface area contributed by atoms with Crippen molar-refractivity contribution < 1.29 is 4.74 Å². The van der Waals surface area contributed by atoms with Gasteiger partial charge in [0.2, 0.25) is 0 Å². The number of piperidine rings is 1. The van der Waals surface area contributed by atoms with E-state index < -0.39 is 0 Å². The van der Waals surface area contributed by atoms with Crippen LogP contribution in [0.5, 0.6) is 0 Å². The van der Waals surface area contributed by atoms with E-state index in [2.05, 4.69) is 24.2 Å². The van der Waals surface area contributed by atoms with Crippen molar-refractivity contribution in [2.75, 3.05) is 40.4 Å². The number of nitrogens with one attached hydrogen (secondary N) is 1. The van der Waals surface area contributed by atoms with Crippen molar-refractivity contribution in [2.24, 2.45) is 5.92 Å². The van der Waals surface area contributed by atoms with Crippen molar-refractivity contribution in [1.82, 2.24) is 10.2 Å². The molecule has 0 radical (unpaired) electrons. The Bertz CT molecular complexity index is 167. The van der Waals surface area contributed by atoms with Crippen LogP contribution in [0.25, 0.3) is 0 Å². The molecule has 0 aromatic carbocycles. The van der Waals surface area contributed by atoms with Crippen LogP contribution in [0.4, 0.5) is 0 Å². The Balaban J connectivity index is 2.05. The van der Waals surface area contributed by atoms with E-state index in [0.717, 1.165) is 25.5 Å². The Hall–Kier alpha value is -0.120. The molecular formula is C13H28N2O. The van der Waals surface area contributed by atoms with E-state index in [9.17, 15) is 0 Å². The van der Waals surface area contributed by atoms with Crippen LogP contribution in [0.15, 0.2) is 0 Å². The van der Waals surface area contributed by atoms with Crippen LogP contribution >= 0.6 is 0 Å². The van der Waals surface area contributed by atoms with Crippen LogP contribution in [0, 0.1) is 5.92 Å². The van der Waals surface area contributed by atoms with Gasteiger partial charge in [-0.15, -0.1) is 0 Å². The molecule has 1 fully saturated rings. The lowest BCUT2D eigenvalue weighted by Crippen LogP contribution is -2.36. The van der Waals surface area contributed by atoms with Gasteiger partial charge in [-0.1, -0.05) is 6.92 Å². The summed E-state index contributed by atoms with van der Waals surface area (Å²) in [6, 6.07) is 0.538. The van der Waals surface area contributed by atoms with Gasteiger partial charge < -0.3 is 15.0 Å². The Morgan fingerprint density at radius 1 is 1.38 bits per heavy atom. The van der Waals surface area contributed by atoms with Gasteiger partial charge in [0.15, 0.2) is 0 Å². The second kappa shape index (κ2) is 8.04. The van der Waals surface area contributed by atoms with Gasteiger partial charge >= 0.3 is 0 Å². The van der Waals surface area contributed by atoms with Crippen LogP contribution in [-0.2, 0) is 4.74 Å². The van der Waals surface area contributed by atoms with Crippen molar-refractivity contribution in [3.05, 3.63) is 0 Å². The monoisotopic (exact) mass is 228 g/mol. The Morgan fingerprint density at radius 2 is 2.06 bits per heavy atom.